The van der Waals surface area contributed by atoms with E-state index in [4.69, 9.17) is 15.7 Å². The van der Waals surface area contributed by atoms with E-state index in [-0.39, 0.29) is 12.1 Å². The van der Waals surface area contributed by atoms with Crippen LogP contribution in [0.3, 0.4) is 0 Å². The Labute approximate surface area is 124 Å². The Kier molecular flexibility index (Phi) is 4.59. The first-order valence-corrected chi connectivity index (χ1v) is 7.39. The number of nitriles is 1. The van der Waals surface area contributed by atoms with Gasteiger partial charge in [-0.15, -0.1) is 11.3 Å². The van der Waals surface area contributed by atoms with Gasteiger partial charge in [-0.3, -0.25) is 0 Å². The maximum Gasteiger partial charge on any atom is 0.148 e. The van der Waals surface area contributed by atoms with Crippen LogP contribution in [0.25, 0.3) is 0 Å². The molecule has 0 aliphatic carbocycles. The van der Waals surface area contributed by atoms with Gasteiger partial charge in [0, 0.05) is 10.9 Å². The molecule has 0 fully saturated rings. The maximum absolute atomic E-state index is 9.08. The maximum atomic E-state index is 9.08. The second-order valence-electron chi connectivity index (χ2n) is 4.15. The molecule has 0 saturated carbocycles. The van der Waals surface area contributed by atoms with Crippen molar-refractivity contribution in [2.45, 2.75) is 19.1 Å². The molecule has 3 nitrogen and oxygen atoms in total. The van der Waals surface area contributed by atoms with Crippen molar-refractivity contribution in [1.82, 2.24) is 0 Å². The lowest BCUT2D eigenvalue weighted by Gasteiger charge is -2.21. The van der Waals surface area contributed by atoms with E-state index in [1.807, 2.05) is 31.2 Å². The highest BCUT2D eigenvalue weighted by molar-refractivity contribution is 9.11. The molecule has 1 aromatic heterocycles. The quantitative estimate of drug-likeness (QED) is 0.922. The molecule has 0 aliphatic rings. The molecule has 2 rings (SSSR count). The fourth-order valence-corrected chi connectivity index (χ4v) is 3.27. The Hall–Kier alpha value is -1.35. The largest absolute Gasteiger partial charge is 0.482 e. The standard InChI is InChI=1S/C14H13BrN2OS/c1-9(17)14(12-6-7-13(15)19-12)18-11-5-3-2-4-10(11)8-16/h2-7,9,14H,17H2,1H3. The van der Waals surface area contributed by atoms with Gasteiger partial charge in [-0.1, -0.05) is 12.1 Å². The molecule has 1 aromatic carbocycles. The zero-order valence-electron chi connectivity index (χ0n) is 10.3. The summed E-state index contributed by atoms with van der Waals surface area (Å²) in [6, 6.07) is 13.1. The SMILES string of the molecule is CC(N)C(Oc1ccccc1C#N)c1ccc(Br)s1. The Morgan fingerprint density at radius 3 is 2.63 bits per heavy atom. The second kappa shape index (κ2) is 6.20. The third-order valence-corrected chi connectivity index (χ3v) is 4.30. The van der Waals surface area contributed by atoms with Gasteiger partial charge < -0.3 is 10.5 Å². The Morgan fingerprint density at radius 2 is 2.05 bits per heavy atom. The summed E-state index contributed by atoms with van der Waals surface area (Å²) in [5.41, 5.74) is 6.52. The number of halogens is 1. The molecule has 0 radical (unpaired) electrons. The summed E-state index contributed by atoms with van der Waals surface area (Å²) in [6.07, 6.45) is -0.259. The summed E-state index contributed by atoms with van der Waals surface area (Å²) >= 11 is 5.02. The van der Waals surface area contributed by atoms with Gasteiger partial charge in [-0.2, -0.15) is 5.26 Å². The van der Waals surface area contributed by atoms with Crippen molar-refractivity contribution in [3.8, 4) is 11.8 Å². The fraction of sp³-hybridized carbons (Fsp3) is 0.214. The number of ether oxygens (including phenoxy) is 1. The molecular weight excluding hydrogens is 324 g/mol. The number of hydrogen-bond acceptors (Lipinski definition) is 4. The second-order valence-corrected chi connectivity index (χ2v) is 6.64. The molecule has 0 saturated heterocycles. The first-order chi connectivity index (χ1) is 9.11. The predicted molar refractivity (Wildman–Crippen MR) is 80.2 cm³/mol. The van der Waals surface area contributed by atoms with Crippen LogP contribution < -0.4 is 10.5 Å². The molecule has 0 amide bonds. The Balaban J connectivity index is 2.30. The normalized spacial score (nSPS) is 13.6. The van der Waals surface area contributed by atoms with E-state index in [9.17, 15) is 0 Å². The molecule has 98 valence electrons. The first-order valence-electron chi connectivity index (χ1n) is 5.78. The lowest BCUT2D eigenvalue weighted by Crippen LogP contribution is -2.28. The monoisotopic (exact) mass is 336 g/mol. The van der Waals surface area contributed by atoms with Crippen molar-refractivity contribution < 1.29 is 4.74 Å². The van der Waals surface area contributed by atoms with Crippen LogP contribution in [0.4, 0.5) is 0 Å². The summed E-state index contributed by atoms with van der Waals surface area (Å²) < 4.78 is 6.97. The summed E-state index contributed by atoms with van der Waals surface area (Å²) in [4.78, 5) is 1.04. The van der Waals surface area contributed by atoms with Gasteiger partial charge in [0.15, 0.2) is 0 Å². The van der Waals surface area contributed by atoms with Crippen LogP contribution in [0.5, 0.6) is 5.75 Å². The lowest BCUT2D eigenvalue weighted by molar-refractivity contribution is 0.183. The topological polar surface area (TPSA) is 59.0 Å². The number of hydrogen-bond donors (Lipinski definition) is 1. The minimum absolute atomic E-state index is 0.169. The van der Waals surface area contributed by atoms with E-state index in [1.54, 1.807) is 23.5 Å². The van der Waals surface area contributed by atoms with E-state index in [2.05, 4.69) is 22.0 Å². The predicted octanol–water partition coefficient (Wildman–Crippen LogP) is 3.85. The third kappa shape index (κ3) is 3.35. The highest BCUT2D eigenvalue weighted by Crippen LogP contribution is 2.33. The van der Waals surface area contributed by atoms with Crippen molar-refractivity contribution in [1.29, 1.82) is 5.26 Å². The number of nitrogens with two attached hydrogens (primary N) is 1. The van der Waals surface area contributed by atoms with Crippen LogP contribution in [-0.2, 0) is 0 Å². The van der Waals surface area contributed by atoms with Crippen LogP contribution in [-0.4, -0.2) is 6.04 Å². The van der Waals surface area contributed by atoms with E-state index >= 15 is 0 Å². The Bertz CT molecular complexity index is 603. The number of benzene rings is 1. The van der Waals surface area contributed by atoms with Crippen molar-refractivity contribution in [2.75, 3.05) is 0 Å². The van der Waals surface area contributed by atoms with Crippen molar-refractivity contribution in [2.24, 2.45) is 5.73 Å². The summed E-state index contributed by atoms with van der Waals surface area (Å²) in [5, 5.41) is 9.08. The molecule has 0 spiro atoms. The van der Waals surface area contributed by atoms with Crippen molar-refractivity contribution in [3.05, 3.63) is 50.6 Å². The van der Waals surface area contributed by atoms with E-state index < -0.39 is 0 Å². The van der Waals surface area contributed by atoms with Gasteiger partial charge >= 0.3 is 0 Å². The minimum atomic E-state index is -0.259. The van der Waals surface area contributed by atoms with Crippen LogP contribution >= 0.6 is 27.3 Å². The van der Waals surface area contributed by atoms with E-state index in [1.165, 1.54) is 0 Å². The molecule has 1 heterocycles. The zero-order valence-corrected chi connectivity index (χ0v) is 12.7. The van der Waals surface area contributed by atoms with Crippen LogP contribution in [0.2, 0.25) is 0 Å². The Morgan fingerprint density at radius 1 is 1.32 bits per heavy atom. The number of nitrogens with zero attached hydrogens (tertiary/aromatic N) is 1. The summed E-state index contributed by atoms with van der Waals surface area (Å²) in [6.45, 7) is 1.90. The van der Waals surface area contributed by atoms with Gasteiger partial charge in [0.2, 0.25) is 0 Å². The summed E-state index contributed by atoms with van der Waals surface area (Å²) in [5.74, 6) is 0.567. The average Bonchev–Trinajstić information content (AvgIpc) is 2.82. The summed E-state index contributed by atoms with van der Waals surface area (Å²) in [7, 11) is 0. The highest BCUT2D eigenvalue weighted by atomic mass is 79.9. The van der Waals surface area contributed by atoms with E-state index in [0.717, 1.165) is 8.66 Å². The van der Waals surface area contributed by atoms with Crippen molar-refractivity contribution >= 4 is 27.3 Å². The minimum Gasteiger partial charge on any atom is -0.482 e. The van der Waals surface area contributed by atoms with Gasteiger partial charge in [-0.25, -0.2) is 0 Å². The molecule has 0 bridgehead atoms. The molecule has 2 atom stereocenters. The molecule has 2 aromatic rings. The lowest BCUT2D eigenvalue weighted by atomic mass is 10.1. The zero-order chi connectivity index (χ0) is 13.8. The number of thiophene rings is 1. The molecular formula is C14H13BrN2OS. The molecule has 19 heavy (non-hydrogen) atoms. The smallest absolute Gasteiger partial charge is 0.148 e. The fourth-order valence-electron chi connectivity index (χ4n) is 1.70. The van der Waals surface area contributed by atoms with Gasteiger partial charge in [0.05, 0.1) is 9.35 Å². The third-order valence-electron chi connectivity index (χ3n) is 2.61. The molecule has 0 aliphatic heterocycles. The van der Waals surface area contributed by atoms with Crippen molar-refractivity contribution in [3.63, 3.8) is 0 Å². The molecule has 5 heteroatoms. The van der Waals surface area contributed by atoms with Gasteiger partial charge in [-0.05, 0) is 47.1 Å². The molecule has 2 unspecified atom stereocenters. The highest BCUT2D eigenvalue weighted by Gasteiger charge is 2.21. The van der Waals surface area contributed by atoms with Gasteiger partial charge in [0.1, 0.15) is 17.9 Å². The van der Waals surface area contributed by atoms with Gasteiger partial charge in [0.25, 0.3) is 0 Å². The van der Waals surface area contributed by atoms with Crippen LogP contribution in [0, 0.1) is 11.3 Å². The molecule has 2 N–H and O–H groups in total. The first kappa shape index (κ1) is 14.1. The number of rotatable bonds is 4. The van der Waals surface area contributed by atoms with Crippen LogP contribution in [0.15, 0.2) is 40.2 Å². The average molecular weight is 337 g/mol. The van der Waals surface area contributed by atoms with E-state index in [0.29, 0.717) is 11.3 Å². The van der Waals surface area contributed by atoms with Crippen LogP contribution in [0.1, 0.15) is 23.5 Å². The number of para-hydroxylation sites is 1.